The largest absolute Gasteiger partial charge is 0.496 e. The zero-order valence-corrected chi connectivity index (χ0v) is 17.2. The lowest BCUT2D eigenvalue weighted by atomic mass is 10.1. The van der Waals surface area contributed by atoms with Crippen LogP contribution in [0.25, 0.3) is 21.7 Å². The number of aromatic nitrogens is 2. The number of para-hydroxylation sites is 1. The van der Waals surface area contributed by atoms with Gasteiger partial charge in [-0.25, -0.2) is 9.97 Å². The number of aryl methyl sites for hydroxylation is 1. The Morgan fingerprint density at radius 2 is 1.90 bits per heavy atom. The molecule has 4 aromatic rings. The van der Waals surface area contributed by atoms with Crippen LogP contribution in [0.2, 0.25) is 0 Å². The second-order valence-corrected chi connectivity index (χ2v) is 7.73. The fourth-order valence-corrected chi connectivity index (χ4v) is 4.07. The highest BCUT2D eigenvalue weighted by atomic mass is 32.1. The molecule has 0 radical (unpaired) electrons. The van der Waals surface area contributed by atoms with Gasteiger partial charge in [-0.2, -0.15) is 0 Å². The lowest BCUT2D eigenvalue weighted by Crippen LogP contribution is -2.03. The van der Waals surface area contributed by atoms with Gasteiger partial charge in [-0.15, -0.1) is 0 Å². The SMILES string of the molecule is COc1ccccc1CNc1cc(-c2sc(N)nc2-c2cccc(C)c2)ccn1. The first-order valence-corrected chi connectivity index (χ1v) is 10.1. The normalized spacial score (nSPS) is 10.7. The van der Waals surface area contributed by atoms with E-state index in [1.807, 2.05) is 42.5 Å². The first kappa shape index (κ1) is 19.0. The van der Waals surface area contributed by atoms with Crippen LogP contribution >= 0.6 is 11.3 Å². The van der Waals surface area contributed by atoms with Gasteiger partial charge in [0.1, 0.15) is 11.6 Å². The lowest BCUT2D eigenvalue weighted by molar-refractivity contribution is 0.410. The molecular formula is C23H22N4OS. The standard InChI is InChI=1S/C23H22N4OS/c1-15-6-5-8-16(12-15)21-22(29-23(24)27-21)17-10-11-25-20(13-17)26-14-18-7-3-4-9-19(18)28-2/h3-13H,14H2,1-2H3,(H2,24,27)(H,25,26). The van der Waals surface area contributed by atoms with E-state index in [2.05, 4.69) is 40.4 Å². The minimum Gasteiger partial charge on any atom is -0.496 e. The number of methoxy groups -OCH3 is 1. The van der Waals surface area contributed by atoms with E-state index in [-0.39, 0.29) is 0 Å². The molecule has 4 rings (SSSR count). The summed E-state index contributed by atoms with van der Waals surface area (Å²) in [5.41, 5.74) is 11.3. The number of pyridine rings is 1. The Balaban J connectivity index is 1.63. The van der Waals surface area contributed by atoms with E-state index >= 15 is 0 Å². The van der Waals surface area contributed by atoms with Crippen molar-refractivity contribution < 1.29 is 4.74 Å². The molecule has 0 atom stereocenters. The molecule has 2 heterocycles. The number of anilines is 2. The zero-order chi connectivity index (χ0) is 20.2. The second kappa shape index (κ2) is 8.32. The van der Waals surface area contributed by atoms with Crippen molar-refractivity contribution in [2.45, 2.75) is 13.5 Å². The average Bonchev–Trinajstić information content (AvgIpc) is 3.14. The van der Waals surface area contributed by atoms with Crippen molar-refractivity contribution in [3.63, 3.8) is 0 Å². The summed E-state index contributed by atoms with van der Waals surface area (Å²) >= 11 is 1.49. The van der Waals surface area contributed by atoms with Crippen LogP contribution in [0, 0.1) is 6.92 Å². The van der Waals surface area contributed by atoms with Crippen molar-refractivity contribution in [3.05, 3.63) is 78.0 Å². The number of benzene rings is 2. The summed E-state index contributed by atoms with van der Waals surface area (Å²) in [7, 11) is 1.68. The maximum atomic E-state index is 6.06. The molecule has 2 aromatic heterocycles. The van der Waals surface area contributed by atoms with Crippen molar-refractivity contribution in [1.29, 1.82) is 0 Å². The van der Waals surface area contributed by atoms with Crippen molar-refractivity contribution >= 4 is 22.3 Å². The lowest BCUT2D eigenvalue weighted by Gasteiger charge is -2.11. The first-order valence-electron chi connectivity index (χ1n) is 9.29. The molecule has 3 N–H and O–H groups in total. The molecule has 2 aromatic carbocycles. The molecule has 0 aliphatic rings. The molecular weight excluding hydrogens is 380 g/mol. The van der Waals surface area contributed by atoms with Gasteiger partial charge < -0.3 is 15.8 Å². The summed E-state index contributed by atoms with van der Waals surface area (Å²) in [4.78, 5) is 10.1. The number of thiazole rings is 1. The van der Waals surface area contributed by atoms with Crippen molar-refractivity contribution in [2.75, 3.05) is 18.2 Å². The molecule has 0 unspecified atom stereocenters. The van der Waals surface area contributed by atoms with Gasteiger partial charge in [-0.1, -0.05) is 53.3 Å². The number of nitrogens with one attached hydrogen (secondary N) is 1. The Labute approximate surface area is 174 Å². The molecule has 29 heavy (non-hydrogen) atoms. The van der Waals surface area contributed by atoms with Crippen molar-refractivity contribution in [1.82, 2.24) is 9.97 Å². The summed E-state index contributed by atoms with van der Waals surface area (Å²) in [5.74, 6) is 1.64. The van der Waals surface area contributed by atoms with Crippen LogP contribution in [-0.2, 0) is 6.54 Å². The number of hydrogen-bond acceptors (Lipinski definition) is 6. The number of hydrogen-bond donors (Lipinski definition) is 2. The topological polar surface area (TPSA) is 73.1 Å². The van der Waals surface area contributed by atoms with Gasteiger partial charge in [0.25, 0.3) is 0 Å². The summed E-state index contributed by atoms with van der Waals surface area (Å²) in [6.45, 7) is 2.70. The molecule has 0 amide bonds. The summed E-state index contributed by atoms with van der Waals surface area (Å²) in [6.07, 6.45) is 1.80. The molecule has 146 valence electrons. The van der Waals surface area contributed by atoms with Crippen LogP contribution in [0.15, 0.2) is 66.9 Å². The fraction of sp³-hybridized carbons (Fsp3) is 0.130. The molecule has 0 saturated heterocycles. The van der Waals surface area contributed by atoms with Crippen LogP contribution < -0.4 is 15.8 Å². The highest BCUT2D eigenvalue weighted by molar-refractivity contribution is 7.19. The Morgan fingerprint density at radius 1 is 1.03 bits per heavy atom. The fourth-order valence-electron chi connectivity index (χ4n) is 3.22. The molecule has 5 nitrogen and oxygen atoms in total. The highest BCUT2D eigenvalue weighted by Gasteiger charge is 2.15. The molecule has 0 fully saturated rings. The quantitative estimate of drug-likeness (QED) is 0.453. The number of rotatable bonds is 6. The van der Waals surface area contributed by atoms with E-state index in [4.69, 9.17) is 10.5 Å². The van der Waals surface area contributed by atoms with E-state index in [1.165, 1.54) is 16.9 Å². The third kappa shape index (κ3) is 4.22. The van der Waals surface area contributed by atoms with E-state index in [1.54, 1.807) is 13.3 Å². The predicted octanol–water partition coefficient (Wildman–Crippen LogP) is 5.38. The number of nitrogens with zero attached hydrogens (tertiary/aromatic N) is 2. The van der Waals surface area contributed by atoms with Gasteiger partial charge in [-0.05, 0) is 36.8 Å². The van der Waals surface area contributed by atoms with E-state index < -0.39 is 0 Å². The average molecular weight is 403 g/mol. The highest BCUT2D eigenvalue weighted by Crippen LogP contribution is 2.38. The smallest absolute Gasteiger partial charge is 0.181 e. The van der Waals surface area contributed by atoms with E-state index in [0.717, 1.165) is 38.8 Å². The van der Waals surface area contributed by atoms with E-state index in [9.17, 15) is 0 Å². The maximum absolute atomic E-state index is 6.06. The number of ether oxygens (including phenoxy) is 1. The minimum atomic E-state index is 0.553. The van der Waals surface area contributed by atoms with Crippen molar-refractivity contribution in [2.24, 2.45) is 0 Å². The second-order valence-electron chi connectivity index (χ2n) is 6.69. The number of nitrogen functional groups attached to an aromatic ring is 1. The van der Waals surface area contributed by atoms with Gasteiger partial charge in [0.05, 0.1) is 17.7 Å². The van der Waals surface area contributed by atoms with Gasteiger partial charge in [-0.3, -0.25) is 0 Å². The van der Waals surface area contributed by atoms with E-state index in [0.29, 0.717) is 11.7 Å². The minimum absolute atomic E-state index is 0.553. The van der Waals surface area contributed by atoms with Gasteiger partial charge >= 0.3 is 0 Å². The van der Waals surface area contributed by atoms with Crippen LogP contribution in [0.5, 0.6) is 5.75 Å². The Bertz CT molecular complexity index is 1140. The first-order chi connectivity index (χ1) is 14.1. The summed E-state index contributed by atoms with van der Waals surface area (Å²) in [6, 6.07) is 20.3. The van der Waals surface area contributed by atoms with Crippen LogP contribution in [0.3, 0.4) is 0 Å². The van der Waals surface area contributed by atoms with Gasteiger partial charge in [0, 0.05) is 23.9 Å². The van der Waals surface area contributed by atoms with Crippen molar-refractivity contribution in [3.8, 4) is 27.4 Å². The Morgan fingerprint density at radius 3 is 2.72 bits per heavy atom. The predicted molar refractivity (Wildman–Crippen MR) is 120 cm³/mol. The molecule has 0 spiro atoms. The molecule has 6 heteroatoms. The summed E-state index contributed by atoms with van der Waals surface area (Å²) < 4.78 is 5.42. The zero-order valence-electron chi connectivity index (χ0n) is 16.3. The third-order valence-corrected chi connectivity index (χ3v) is 5.54. The molecule has 0 aliphatic carbocycles. The molecule has 0 bridgehead atoms. The van der Waals surface area contributed by atoms with Crippen LogP contribution in [0.4, 0.5) is 10.9 Å². The maximum Gasteiger partial charge on any atom is 0.181 e. The molecule has 0 saturated carbocycles. The van der Waals surface area contributed by atoms with Gasteiger partial charge in [0.15, 0.2) is 5.13 Å². The third-order valence-electron chi connectivity index (χ3n) is 4.61. The number of nitrogens with two attached hydrogens (primary N) is 1. The summed E-state index contributed by atoms with van der Waals surface area (Å²) in [5, 5.41) is 3.94. The Kier molecular flexibility index (Phi) is 5.44. The van der Waals surface area contributed by atoms with Gasteiger partial charge in [0.2, 0.25) is 0 Å². The monoisotopic (exact) mass is 402 g/mol. The Hall–Kier alpha value is -3.38. The van der Waals surface area contributed by atoms with Crippen LogP contribution in [-0.4, -0.2) is 17.1 Å². The molecule has 0 aliphatic heterocycles. The van der Waals surface area contributed by atoms with Crippen LogP contribution in [0.1, 0.15) is 11.1 Å².